The zero-order chi connectivity index (χ0) is 16.7. The molecule has 1 atom stereocenters. The lowest BCUT2D eigenvalue weighted by atomic mass is 10.2. The highest BCUT2D eigenvalue weighted by Crippen LogP contribution is 2.19. The van der Waals surface area contributed by atoms with Gasteiger partial charge in [-0.3, -0.25) is 4.21 Å². The van der Waals surface area contributed by atoms with Gasteiger partial charge in [-0.25, -0.2) is 4.79 Å². The van der Waals surface area contributed by atoms with Crippen molar-refractivity contribution in [2.75, 3.05) is 23.5 Å². The van der Waals surface area contributed by atoms with Crippen LogP contribution in [0.3, 0.4) is 0 Å². The van der Waals surface area contributed by atoms with Crippen LogP contribution in [0.5, 0.6) is 5.75 Å². The number of carbonyl (C=O) groups excluding carboxylic acids is 1. The largest absolute Gasteiger partial charge is 0.494 e. The third-order valence-electron chi connectivity index (χ3n) is 3.03. The Balaban J connectivity index is 2.05. The Labute approximate surface area is 138 Å². The topological polar surface area (TPSA) is 67.4 Å². The van der Waals surface area contributed by atoms with E-state index in [0.29, 0.717) is 29.5 Å². The van der Waals surface area contributed by atoms with Gasteiger partial charge in [0.05, 0.1) is 12.4 Å². The molecule has 0 aliphatic rings. The van der Waals surface area contributed by atoms with Gasteiger partial charge in [0.15, 0.2) is 0 Å². The standard InChI is InChI=1S/C17H20N2O3S/c1-3-22-15-9-6-8-14(11-15)18-17(20)19-16-10-5-4-7-13(16)12-23(2)21/h4-11H,3,12H2,1-2H3,(H2,18,19,20)/t23-/m0/s1. The Morgan fingerprint density at radius 1 is 1.13 bits per heavy atom. The van der Waals surface area contributed by atoms with Crippen LogP contribution in [0.25, 0.3) is 0 Å². The van der Waals surface area contributed by atoms with Gasteiger partial charge >= 0.3 is 6.03 Å². The number of benzene rings is 2. The number of rotatable bonds is 6. The van der Waals surface area contributed by atoms with Crippen molar-refractivity contribution in [2.45, 2.75) is 12.7 Å². The number of anilines is 2. The van der Waals surface area contributed by atoms with E-state index in [1.54, 1.807) is 24.5 Å². The van der Waals surface area contributed by atoms with Crippen LogP contribution in [-0.2, 0) is 16.6 Å². The van der Waals surface area contributed by atoms with Crippen LogP contribution < -0.4 is 15.4 Å². The molecule has 2 aromatic rings. The molecule has 0 radical (unpaired) electrons. The minimum absolute atomic E-state index is 0.354. The number of para-hydroxylation sites is 1. The summed E-state index contributed by atoms with van der Waals surface area (Å²) in [6.45, 7) is 2.47. The van der Waals surface area contributed by atoms with Crippen molar-refractivity contribution in [1.82, 2.24) is 0 Å². The number of nitrogens with one attached hydrogen (secondary N) is 2. The fourth-order valence-electron chi connectivity index (χ4n) is 2.10. The van der Waals surface area contributed by atoms with Crippen LogP contribution >= 0.6 is 0 Å². The average molecular weight is 332 g/mol. The van der Waals surface area contributed by atoms with Crippen LogP contribution in [-0.4, -0.2) is 23.1 Å². The molecule has 0 aromatic heterocycles. The summed E-state index contributed by atoms with van der Waals surface area (Å²) in [6.07, 6.45) is 1.63. The van der Waals surface area contributed by atoms with Gasteiger partial charge in [-0.1, -0.05) is 24.3 Å². The predicted octanol–water partition coefficient (Wildman–Crippen LogP) is 3.61. The van der Waals surface area contributed by atoms with E-state index in [1.165, 1.54) is 0 Å². The first-order valence-corrected chi connectivity index (χ1v) is 9.00. The van der Waals surface area contributed by atoms with Crippen molar-refractivity contribution in [3.05, 3.63) is 54.1 Å². The SMILES string of the molecule is CCOc1cccc(NC(=O)Nc2ccccc2C[S@](C)=O)c1. The van der Waals surface area contributed by atoms with E-state index in [0.717, 1.165) is 5.56 Å². The Hall–Kier alpha value is -2.34. The second-order valence-corrected chi connectivity index (χ2v) is 6.35. The summed E-state index contributed by atoms with van der Waals surface area (Å²) in [7, 11) is -0.973. The number of hydrogen-bond donors (Lipinski definition) is 2. The normalized spacial score (nSPS) is 11.6. The lowest BCUT2D eigenvalue weighted by Crippen LogP contribution is -2.20. The molecule has 0 bridgehead atoms. The maximum Gasteiger partial charge on any atom is 0.323 e. The van der Waals surface area contributed by atoms with Gasteiger partial charge in [0, 0.05) is 34.5 Å². The summed E-state index contributed by atoms with van der Waals surface area (Å²) >= 11 is 0. The van der Waals surface area contributed by atoms with E-state index < -0.39 is 10.8 Å². The quantitative estimate of drug-likeness (QED) is 0.849. The van der Waals surface area contributed by atoms with Crippen LogP contribution in [0.15, 0.2) is 48.5 Å². The van der Waals surface area contributed by atoms with Crippen molar-refractivity contribution in [3.63, 3.8) is 0 Å². The van der Waals surface area contributed by atoms with Crippen LogP contribution in [0.2, 0.25) is 0 Å². The minimum atomic E-state index is -0.973. The third kappa shape index (κ3) is 5.41. The number of amides is 2. The minimum Gasteiger partial charge on any atom is -0.494 e. The second kappa shape index (κ2) is 8.33. The first-order chi connectivity index (χ1) is 11.1. The molecule has 0 heterocycles. The Morgan fingerprint density at radius 2 is 1.91 bits per heavy atom. The molecule has 2 N–H and O–H groups in total. The molecule has 5 nitrogen and oxygen atoms in total. The molecule has 0 saturated heterocycles. The van der Waals surface area contributed by atoms with Crippen molar-refractivity contribution in [2.24, 2.45) is 0 Å². The van der Waals surface area contributed by atoms with Crippen molar-refractivity contribution >= 4 is 28.2 Å². The molecule has 23 heavy (non-hydrogen) atoms. The molecule has 0 fully saturated rings. The van der Waals surface area contributed by atoms with Gasteiger partial charge in [-0.15, -0.1) is 0 Å². The highest BCUT2D eigenvalue weighted by molar-refractivity contribution is 7.83. The molecule has 2 aromatic carbocycles. The van der Waals surface area contributed by atoms with Gasteiger partial charge in [-0.2, -0.15) is 0 Å². The fourth-order valence-corrected chi connectivity index (χ4v) is 2.79. The predicted molar refractivity (Wildman–Crippen MR) is 94.5 cm³/mol. The molecule has 0 unspecified atom stereocenters. The highest BCUT2D eigenvalue weighted by Gasteiger charge is 2.08. The summed E-state index contributed by atoms with van der Waals surface area (Å²) in [5.41, 5.74) is 2.14. The number of urea groups is 1. The maximum atomic E-state index is 12.2. The first kappa shape index (κ1) is 17.0. The maximum absolute atomic E-state index is 12.2. The number of hydrogen-bond acceptors (Lipinski definition) is 3. The molecule has 0 aliphatic carbocycles. The molecular weight excluding hydrogens is 312 g/mol. The lowest BCUT2D eigenvalue weighted by Gasteiger charge is -2.12. The molecule has 2 amide bonds. The zero-order valence-corrected chi connectivity index (χ0v) is 14.0. The van der Waals surface area contributed by atoms with Crippen LogP contribution in [0.1, 0.15) is 12.5 Å². The summed E-state index contributed by atoms with van der Waals surface area (Å²) in [5.74, 6) is 1.10. The molecule has 122 valence electrons. The van der Waals surface area contributed by atoms with Gasteiger partial charge in [0.1, 0.15) is 5.75 Å². The average Bonchev–Trinajstić information content (AvgIpc) is 2.49. The Morgan fingerprint density at radius 3 is 2.65 bits per heavy atom. The monoisotopic (exact) mass is 332 g/mol. The zero-order valence-electron chi connectivity index (χ0n) is 13.2. The molecule has 0 saturated carbocycles. The number of ether oxygens (including phenoxy) is 1. The first-order valence-electron chi connectivity index (χ1n) is 7.27. The summed E-state index contributed by atoms with van der Waals surface area (Å²) in [4.78, 5) is 12.2. The molecule has 0 aliphatic heterocycles. The third-order valence-corrected chi connectivity index (χ3v) is 3.74. The molecule has 2 rings (SSSR count). The van der Waals surface area contributed by atoms with E-state index in [4.69, 9.17) is 4.74 Å². The van der Waals surface area contributed by atoms with E-state index in [2.05, 4.69) is 10.6 Å². The lowest BCUT2D eigenvalue weighted by molar-refractivity contribution is 0.262. The smallest absolute Gasteiger partial charge is 0.323 e. The Bertz CT molecular complexity index is 704. The van der Waals surface area contributed by atoms with Crippen LogP contribution in [0.4, 0.5) is 16.2 Å². The second-order valence-electron chi connectivity index (χ2n) is 4.91. The van der Waals surface area contributed by atoms with Gasteiger partial charge in [0.2, 0.25) is 0 Å². The number of carbonyl (C=O) groups is 1. The highest BCUT2D eigenvalue weighted by atomic mass is 32.2. The molecular formula is C17H20N2O3S. The summed E-state index contributed by atoms with van der Waals surface area (Å²) in [6, 6.07) is 14.2. The van der Waals surface area contributed by atoms with E-state index in [1.807, 2.05) is 37.3 Å². The van der Waals surface area contributed by atoms with Crippen molar-refractivity contribution in [1.29, 1.82) is 0 Å². The van der Waals surface area contributed by atoms with Crippen molar-refractivity contribution in [3.8, 4) is 5.75 Å². The van der Waals surface area contributed by atoms with Crippen molar-refractivity contribution < 1.29 is 13.7 Å². The van der Waals surface area contributed by atoms with E-state index in [-0.39, 0.29) is 6.03 Å². The van der Waals surface area contributed by atoms with Crippen LogP contribution in [0, 0.1) is 0 Å². The molecule has 0 spiro atoms. The summed E-state index contributed by atoms with van der Waals surface area (Å²) < 4.78 is 16.8. The van der Waals surface area contributed by atoms with Gasteiger partial charge in [0.25, 0.3) is 0 Å². The van der Waals surface area contributed by atoms with E-state index in [9.17, 15) is 9.00 Å². The summed E-state index contributed by atoms with van der Waals surface area (Å²) in [5, 5.41) is 5.55. The van der Waals surface area contributed by atoms with Gasteiger partial charge in [-0.05, 0) is 30.7 Å². The Kier molecular flexibility index (Phi) is 6.17. The fraction of sp³-hybridized carbons (Fsp3) is 0.235. The molecule has 6 heteroatoms. The van der Waals surface area contributed by atoms with E-state index >= 15 is 0 Å². The van der Waals surface area contributed by atoms with Gasteiger partial charge < -0.3 is 15.4 Å².